The number of allylic oxidation sites excluding steroid dienone is 1. The van der Waals surface area contributed by atoms with Crippen molar-refractivity contribution >= 4 is 5.91 Å². The van der Waals surface area contributed by atoms with Crippen LogP contribution >= 0.6 is 0 Å². The smallest absolute Gasteiger partial charge is 0.289 e. The maximum Gasteiger partial charge on any atom is 0.289 e. The number of nitrogens with zero attached hydrogens (tertiary/aromatic N) is 2. The summed E-state index contributed by atoms with van der Waals surface area (Å²) in [7, 11) is 6.75. The molecule has 0 aromatic heterocycles. The molecule has 4 aliphatic rings. The van der Waals surface area contributed by atoms with Crippen LogP contribution in [0.5, 0.6) is 23.0 Å². The normalized spacial score (nSPS) is 23.8. The topological polar surface area (TPSA) is 99.2 Å². The van der Waals surface area contributed by atoms with E-state index in [0.717, 1.165) is 72.5 Å². The number of methoxy groups -OCH3 is 4. The molecular weight excluding hydrogens is 745 g/mol. The van der Waals surface area contributed by atoms with Crippen LogP contribution in [0.3, 0.4) is 0 Å². The van der Waals surface area contributed by atoms with Crippen molar-refractivity contribution in [1.82, 2.24) is 9.80 Å². The SMILES string of the molecule is CC[C@H]1CN2CCc3cc(OC)c(OC)cc3[C@@H]2C[C@@H]1C[C@@H]1c2cc(OC)c(OC)cc2CCN1C(=O)C1=C[C@H](c2ccccc2)C[C@H](OCc2ccc(CO)cc2)O1. The molecule has 1 fully saturated rings. The molecule has 0 spiro atoms. The predicted molar refractivity (Wildman–Crippen MR) is 226 cm³/mol. The van der Waals surface area contributed by atoms with E-state index in [1.807, 2.05) is 48.5 Å². The van der Waals surface area contributed by atoms with Gasteiger partial charge >= 0.3 is 0 Å². The van der Waals surface area contributed by atoms with Crippen LogP contribution in [0.15, 0.2) is 90.7 Å². The fraction of sp³-hybridized carbons (Fsp3) is 0.449. The van der Waals surface area contributed by atoms with Gasteiger partial charge in [0.05, 0.1) is 47.7 Å². The van der Waals surface area contributed by atoms with Crippen LogP contribution in [0.4, 0.5) is 0 Å². The molecule has 4 aliphatic heterocycles. The number of aliphatic hydroxyl groups is 1. The zero-order valence-electron chi connectivity index (χ0n) is 35.0. The average Bonchev–Trinajstić information content (AvgIpc) is 3.29. The highest BCUT2D eigenvalue weighted by atomic mass is 16.7. The largest absolute Gasteiger partial charge is 0.493 e. The Morgan fingerprint density at radius 3 is 2.05 bits per heavy atom. The molecular formula is C49H58N2O8. The minimum atomic E-state index is -0.627. The molecule has 1 N–H and O–H groups in total. The first-order valence-corrected chi connectivity index (χ1v) is 21.1. The third kappa shape index (κ3) is 8.40. The summed E-state index contributed by atoms with van der Waals surface area (Å²) in [4.78, 5) is 19.9. The molecule has 6 atom stereocenters. The number of benzene rings is 4. The van der Waals surface area contributed by atoms with Gasteiger partial charge in [-0.25, -0.2) is 0 Å². The Labute approximate surface area is 348 Å². The monoisotopic (exact) mass is 802 g/mol. The van der Waals surface area contributed by atoms with E-state index in [0.29, 0.717) is 55.1 Å². The highest BCUT2D eigenvalue weighted by Gasteiger charge is 2.43. The summed E-state index contributed by atoms with van der Waals surface area (Å²) in [5, 5.41) is 9.53. The zero-order chi connectivity index (χ0) is 41.0. The Balaban J connectivity index is 1.12. The van der Waals surface area contributed by atoms with Gasteiger partial charge in [-0.15, -0.1) is 0 Å². The zero-order valence-corrected chi connectivity index (χ0v) is 35.0. The van der Waals surface area contributed by atoms with E-state index in [9.17, 15) is 5.11 Å². The van der Waals surface area contributed by atoms with Crippen molar-refractivity contribution in [2.24, 2.45) is 11.8 Å². The van der Waals surface area contributed by atoms with Crippen LogP contribution in [0.1, 0.15) is 89.6 Å². The molecule has 1 saturated heterocycles. The van der Waals surface area contributed by atoms with Crippen LogP contribution < -0.4 is 18.9 Å². The Morgan fingerprint density at radius 1 is 0.763 bits per heavy atom. The highest BCUT2D eigenvalue weighted by Crippen LogP contribution is 2.50. The molecule has 59 heavy (non-hydrogen) atoms. The molecule has 312 valence electrons. The number of hydrogen-bond acceptors (Lipinski definition) is 9. The number of rotatable bonds is 13. The molecule has 4 aromatic rings. The van der Waals surface area contributed by atoms with Gasteiger partial charge in [-0.3, -0.25) is 9.69 Å². The first-order valence-electron chi connectivity index (χ1n) is 21.1. The number of hydrogen-bond donors (Lipinski definition) is 1. The summed E-state index contributed by atoms with van der Waals surface area (Å²) in [6, 6.07) is 26.6. The number of carbonyl (C=O) groups excluding carboxylic acids is 1. The minimum absolute atomic E-state index is 0.0120. The van der Waals surface area contributed by atoms with Crippen molar-refractivity contribution in [1.29, 1.82) is 0 Å². The summed E-state index contributed by atoms with van der Waals surface area (Å²) < 4.78 is 36.1. The molecule has 0 saturated carbocycles. The van der Waals surface area contributed by atoms with Crippen LogP contribution in [0.2, 0.25) is 0 Å². The van der Waals surface area contributed by atoms with E-state index in [2.05, 4.69) is 53.1 Å². The van der Waals surface area contributed by atoms with E-state index >= 15 is 4.79 Å². The molecule has 10 nitrogen and oxygen atoms in total. The summed E-state index contributed by atoms with van der Waals surface area (Å²) in [6.45, 7) is 5.18. The predicted octanol–water partition coefficient (Wildman–Crippen LogP) is 8.31. The van der Waals surface area contributed by atoms with Gasteiger partial charge < -0.3 is 38.4 Å². The minimum Gasteiger partial charge on any atom is -0.493 e. The molecule has 10 heteroatoms. The van der Waals surface area contributed by atoms with Gasteiger partial charge in [0.25, 0.3) is 5.91 Å². The highest BCUT2D eigenvalue weighted by molar-refractivity contribution is 5.92. The Bertz CT molecular complexity index is 2120. The van der Waals surface area contributed by atoms with Crippen molar-refractivity contribution in [2.75, 3.05) is 48.1 Å². The Morgan fingerprint density at radius 2 is 1.39 bits per heavy atom. The van der Waals surface area contributed by atoms with Crippen molar-refractivity contribution in [3.05, 3.63) is 130 Å². The maximum absolute atomic E-state index is 15.2. The average molecular weight is 803 g/mol. The number of carbonyl (C=O) groups is 1. The number of piperidine rings is 1. The lowest BCUT2D eigenvalue weighted by Gasteiger charge is -2.49. The summed E-state index contributed by atoms with van der Waals surface area (Å²) in [5.74, 6) is 3.83. The number of aliphatic hydroxyl groups excluding tert-OH is 1. The quantitative estimate of drug-likeness (QED) is 0.143. The molecule has 1 amide bonds. The van der Waals surface area contributed by atoms with Crippen LogP contribution in [-0.2, 0) is 40.3 Å². The van der Waals surface area contributed by atoms with E-state index in [4.69, 9.17) is 28.4 Å². The lowest BCUT2D eigenvalue weighted by Crippen LogP contribution is -2.48. The van der Waals surface area contributed by atoms with E-state index in [1.54, 1.807) is 28.4 Å². The van der Waals surface area contributed by atoms with Gasteiger partial charge in [0.15, 0.2) is 28.8 Å². The second kappa shape index (κ2) is 18.1. The summed E-state index contributed by atoms with van der Waals surface area (Å²) in [5.41, 5.74) is 7.84. The second-order valence-electron chi connectivity index (χ2n) is 16.4. The van der Waals surface area contributed by atoms with Crippen LogP contribution in [-0.4, -0.2) is 75.2 Å². The number of amides is 1. The molecule has 8 rings (SSSR count). The van der Waals surface area contributed by atoms with Gasteiger partial charge in [-0.2, -0.15) is 0 Å². The lowest BCUT2D eigenvalue weighted by molar-refractivity contribution is -0.158. The third-order valence-electron chi connectivity index (χ3n) is 13.2. The van der Waals surface area contributed by atoms with E-state index in [-0.39, 0.29) is 30.5 Å². The fourth-order valence-corrected chi connectivity index (χ4v) is 9.98. The van der Waals surface area contributed by atoms with Crippen molar-refractivity contribution in [2.45, 2.75) is 83.0 Å². The van der Waals surface area contributed by atoms with Gasteiger partial charge in [0, 0.05) is 38.0 Å². The molecule has 4 heterocycles. The fourth-order valence-electron chi connectivity index (χ4n) is 9.98. The van der Waals surface area contributed by atoms with Crippen LogP contribution in [0.25, 0.3) is 0 Å². The van der Waals surface area contributed by atoms with Crippen LogP contribution in [0, 0.1) is 11.8 Å². The summed E-state index contributed by atoms with van der Waals surface area (Å²) >= 11 is 0. The summed E-state index contributed by atoms with van der Waals surface area (Å²) in [6.07, 6.45) is 6.46. The molecule has 4 aromatic carbocycles. The molecule has 0 radical (unpaired) electrons. The van der Waals surface area contributed by atoms with Gasteiger partial charge in [0.2, 0.25) is 6.29 Å². The lowest BCUT2D eigenvalue weighted by atomic mass is 9.72. The Hall–Kier alpha value is -5.03. The Kier molecular flexibility index (Phi) is 12.5. The standard InChI is InChI=1S/C49H58N2O8/c1-6-33-28-50-18-16-35-22-43(54-2)45(56-4)26-39(35)41(50)20-37(33)21-42-40-27-46(57-5)44(55-3)23-36(40)17-19-51(42)49(53)47-24-38(34-10-8-7-9-11-34)25-48(59-47)58-30-32-14-12-31(29-52)13-15-32/h7-15,22-24,26-27,33,37-38,41-42,48,52H,6,16-21,25,28-30H2,1-5H3/t33-,37+,38-,41-,42+,48+/m0/s1. The van der Waals surface area contributed by atoms with Gasteiger partial charge in [-0.05, 0) is 107 Å². The van der Waals surface area contributed by atoms with Gasteiger partial charge in [-0.1, -0.05) is 67.9 Å². The maximum atomic E-state index is 15.2. The van der Waals surface area contributed by atoms with E-state index < -0.39 is 6.29 Å². The first-order chi connectivity index (χ1) is 28.8. The van der Waals surface area contributed by atoms with Crippen molar-refractivity contribution in [3.8, 4) is 23.0 Å². The second-order valence-corrected chi connectivity index (χ2v) is 16.4. The number of ether oxygens (including phenoxy) is 6. The first kappa shape index (κ1) is 40.7. The van der Waals surface area contributed by atoms with Crippen molar-refractivity contribution < 1.29 is 38.3 Å². The molecule has 0 aliphatic carbocycles. The third-order valence-corrected chi connectivity index (χ3v) is 13.2. The molecule has 0 bridgehead atoms. The number of fused-ring (bicyclic) bond motifs is 4. The van der Waals surface area contributed by atoms with E-state index in [1.165, 1.54) is 16.7 Å². The van der Waals surface area contributed by atoms with Crippen molar-refractivity contribution in [3.63, 3.8) is 0 Å². The molecule has 0 unspecified atom stereocenters. The van der Waals surface area contributed by atoms with Gasteiger partial charge in [0.1, 0.15) is 0 Å².